The van der Waals surface area contributed by atoms with Gasteiger partial charge in [-0.15, -0.1) is 0 Å². The van der Waals surface area contributed by atoms with E-state index in [9.17, 15) is 0 Å². The van der Waals surface area contributed by atoms with E-state index in [-0.39, 0.29) is 0 Å². The smallest absolute Gasteiger partial charge is 0.196 e. The molecular formula is C9H10ClN3OS2. The van der Waals surface area contributed by atoms with Crippen molar-refractivity contribution in [3.8, 4) is 0 Å². The van der Waals surface area contributed by atoms with Crippen LogP contribution in [0.4, 0.5) is 5.82 Å². The molecule has 2 aromatic heterocycles. The highest BCUT2D eigenvalue weighted by Gasteiger charge is 2.03. The van der Waals surface area contributed by atoms with Gasteiger partial charge in [-0.2, -0.15) is 4.37 Å². The molecule has 0 saturated carbocycles. The van der Waals surface area contributed by atoms with E-state index in [4.69, 9.17) is 16.1 Å². The number of aromatic nitrogens is 2. The molecule has 0 fully saturated rings. The molecule has 0 amide bonds. The first-order valence-corrected chi connectivity index (χ1v) is 7.40. The molecule has 2 heterocycles. The summed E-state index contributed by atoms with van der Waals surface area (Å²) in [6.45, 7) is 2.14. The Morgan fingerprint density at radius 2 is 2.44 bits per heavy atom. The van der Waals surface area contributed by atoms with Gasteiger partial charge >= 0.3 is 0 Å². The van der Waals surface area contributed by atoms with Crippen molar-refractivity contribution in [2.45, 2.75) is 26.2 Å². The van der Waals surface area contributed by atoms with Crippen LogP contribution in [-0.2, 0) is 6.42 Å². The fourth-order valence-electron chi connectivity index (χ4n) is 1.15. The van der Waals surface area contributed by atoms with E-state index in [1.54, 1.807) is 0 Å². The summed E-state index contributed by atoms with van der Waals surface area (Å²) >= 11 is 5.84. The van der Waals surface area contributed by atoms with Crippen molar-refractivity contribution in [3.05, 3.63) is 21.7 Å². The van der Waals surface area contributed by atoms with Crippen LogP contribution < -0.4 is 4.67 Å². The molecule has 2 aromatic rings. The van der Waals surface area contributed by atoms with Gasteiger partial charge in [0.25, 0.3) is 0 Å². The van der Waals surface area contributed by atoms with Gasteiger partial charge in [0, 0.05) is 23.0 Å². The Kier molecular flexibility index (Phi) is 4.09. The van der Waals surface area contributed by atoms with Crippen molar-refractivity contribution in [1.29, 1.82) is 0 Å². The lowest BCUT2D eigenvalue weighted by Gasteiger charge is -1.88. The predicted molar refractivity (Wildman–Crippen MR) is 65.3 cm³/mol. The first kappa shape index (κ1) is 11.8. The van der Waals surface area contributed by atoms with Crippen molar-refractivity contribution in [2.75, 3.05) is 0 Å². The molecule has 0 unspecified atom stereocenters. The molecule has 16 heavy (non-hydrogen) atoms. The summed E-state index contributed by atoms with van der Waals surface area (Å²) in [6.07, 6.45) is 3.13. The highest BCUT2D eigenvalue weighted by Crippen LogP contribution is 2.15. The number of aryl methyl sites for hydroxylation is 1. The second-order valence-corrected chi connectivity index (χ2v) is 5.40. The average Bonchev–Trinajstić information content (AvgIpc) is 2.87. The predicted octanol–water partition coefficient (Wildman–Crippen LogP) is 3.42. The molecular weight excluding hydrogens is 266 g/mol. The van der Waals surface area contributed by atoms with Gasteiger partial charge in [0.2, 0.25) is 0 Å². The standard InChI is InChI=1S/C9H10ClN3OS2/c1-2-3-4-6-5-7(12-14-6)11-9-8(10)13-16-15-9/h5H,2-4H2,1H3. The summed E-state index contributed by atoms with van der Waals surface area (Å²) in [6, 6.07) is 1.84. The molecule has 0 N–H and O–H groups in total. The summed E-state index contributed by atoms with van der Waals surface area (Å²) in [4.78, 5) is 4.26. The lowest BCUT2D eigenvalue weighted by atomic mass is 10.2. The van der Waals surface area contributed by atoms with Crippen molar-refractivity contribution in [2.24, 2.45) is 4.99 Å². The van der Waals surface area contributed by atoms with Gasteiger partial charge in [0.1, 0.15) is 5.76 Å². The lowest BCUT2D eigenvalue weighted by Crippen LogP contribution is -1.92. The number of halogens is 1. The minimum atomic E-state index is 0.424. The summed E-state index contributed by atoms with van der Waals surface area (Å²) in [7, 11) is 2.74. The largest absolute Gasteiger partial charge is 0.359 e. The van der Waals surface area contributed by atoms with E-state index in [2.05, 4.69) is 21.4 Å². The molecule has 0 spiro atoms. The van der Waals surface area contributed by atoms with Crippen LogP contribution in [-0.4, -0.2) is 9.53 Å². The van der Waals surface area contributed by atoms with E-state index in [0.717, 1.165) is 25.0 Å². The zero-order valence-electron chi connectivity index (χ0n) is 8.64. The van der Waals surface area contributed by atoms with E-state index in [0.29, 0.717) is 15.6 Å². The zero-order valence-corrected chi connectivity index (χ0v) is 11.0. The monoisotopic (exact) mass is 275 g/mol. The van der Waals surface area contributed by atoms with Crippen LogP contribution in [0.15, 0.2) is 15.6 Å². The van der Waals surface area contributed by atoms with Gasteiger partial charge < -0.3 is 4.52 Å². The Hall–Kier alpha value is -0.720. The second kappa shape index (κ2) is 5.56. The molecule has 0 aliphatic heterocycles. The first-order chi connectivity index (χ1) is 7.79. The third kappa shape index (κ3) is 2.90. The molecule has 0 bridgehead atoms. The summed E-state index contributed by atoms with van der Waals surface area (Å²) in [5.41, 5.74) is 0. The number of rotatable bonds is 4. The zero-order chi connectivity index (χ0) is 11.4. The molecule has 0 aliphatic rings. The van der Waals surface area contributed by atoms with Crippen LogP contribution in [0.3, 0.4) is 0 Å². The molecule has 86 valence electrons. The van der Waals surface area contributed by atoms with Crippen molar-refractivity contribution >= 4 is 38.3 Å². The van der Waals surface area contributed by atoms with Gasteiger partial charge in [0.05, 0.1) is 0 Å². The molecule has 2 rings (SSSR count). The van der Waals surface area contributed by atoms with Gasteiger partial charge in [-0.05, 0) is 16.8 Å². The highest BCUT2D eigenvalue weighted by atomic mass is 35.5. The van der Waals surface area contributed by atoms with Crippen molar-refractivity contribution in [1.82, 2.24) is 9.53 Å². The van der Waals surface area contributed by atoms with Crippen LogP contribution in [0, 0.1) is 0 Å². The van der Waals surface area contributed by atoms with Crippen LogP contribution in [0.1, 0.15) is 25.5 Å². The molecule has 0 radical (unpaired) electrons. The Labute approximate surface area is 105 Å². The maximum atomic E-state index is 5.84. The lowest BCUT2D eigenvalue weighted by molar-refractivity contribution is 0.381. The van der Waals surface area contributed by atoms with E-state index in [1.807, 2.05) is 6.07 Å². The molecule has 4 nitrogen and oxygen atoms in total. The topological polar surface area (TPSA) is 51.3 Å². The van der Waals surface area contributed by atoms with Crippen LogP contribution >= 0.6 is 32.5 Å². The average molecular weight is 276 g/mol. The summed E-state index contributed by atoms with van der Waals surface area (Å²) < 4.78 is 9.78. The van der Waals surface area contributed by atoms with Crippen LogP contribution in [0.2, 0.25) is 5.15 Å². The molecule has 0 atom stereocenters. The number of nitrogens with zero attached hydrogens (tertiary/aromatic N) is 3. The van der Waals surface area contributed by atoms with Crippen LogP contribution in [0.5, 0.6) is 0 Å². The van der Waals surface area contributed by atoms with Gasteiger partial charge in [0.15, 0.2) is 15.6 Å². The quantitative estimate of drug-likeness (QED) is 0.804. The van der Waals surface area contributed by atoms with Gasteiger partial charge in [-0.3, -0.25) is 0 Å². The van der Waals surface area contributed by atoms with E-state index < -0.39 is 0 Å². The number of hydrogen-bond donors (Lipinski definition) is 0. The van der Waals surface area contributed by atoms with E-state index >= 15 is 0 Å². The molecule has 0 aliphatic carbocycles. The summed E-state index contributed by atoms with van der Waals surface area (Å²) in [5.74, 6) is 1.43. The Morgan fingerprint density at radius 3 is 3.12 bits per heavy atom. The fourth-order valence-corrected chi connectivity index (χ4v) is 3.13. The van der Waals surface area contributed by atoms with Gasteiger partial charge in [-0.1, -0.05) is 30.1 Å². The van der Waals surface area contributed by atoms with Crippen LogP contribution in [0.25, 0.3) is 0 Å². The summed E-state index contributed by atoms with van der Waals surface area (Å²) in [5, 5.41) is 4.29. The third-order valence-corrected chi connectivity index (χ3v) is 4.12. The molecule has 0 aromatic carbocycles. The minimum Gasteiger partial charge on any atom is -0.359 e. The Bertz CT molecular complexity index is 517. The van der Waals surface area contributed by atoms with E-state index in [1.165, 1.54) is 20.9 Å². The fraction of sp³-hybridized carbons (Fsp3) is 0.444. The molecule has 7 heteroatoms. The maximum Gasteiger partial charge on any atom is 0.196 e. The van der Waals surface area contributed by atoms with Gasteiger partial charge in [-0.25, -0.2) is 4.99 Å². The molecule has 0 saturated heterocycles. The maximum absolute atomic E-state index is 5.84. The SMILES string of the molecule is CCCCc1cc(N=c2ssnc2Cl)no1. The Morgan fingerprint density at radius 1 is 1.56 bits per heavy atom. The normalized spacial score (nSPS) is 12.2. The third-order valence-electron chi connectivity index (χ3n) is 1.95. The minimum absolute atomic E-state index is 0.424. The first-order valence-electron chi connectivity index (χ1n) is 4.91. The second-order valence-electron chi connectivity index (χ2n) is 3.21. The Balaban J connectivity index is 2.17. The van der Waals surface area contributed by atoms with Crippen molar-refractivity contribution < 1.29 is 4.52 Å². The van der Waals surface area contributed by atoms with Crippen molar-refractivity contribution in [3.63, 3.8) is 0 Å². The highest BCUT2D eigenvalue weighted by molar-refractivity contribution is 7.66. The number of unbranched alkanes of at least 4 members (excludes halogenated alkanes) is 1. The number of hydrogen-bond acceptors (Lipinski definition) is 6.